The van der Waals surface area contributed by atoms with Crippen LogP contribution in [0, 0.1) is 0 Å². The van der Waals surface area contributed by atoms with Crippen LogP contribution in [-0.2, 0) is 16.2 Å². The topological polar surface area (TPSA) is 50.4 Å². The predicted octanol–water partition coefficient (Wildman–Crippen LogP) is 2.40. The molecule has 106 valence electrons. The van der Waals surface area contributed by atoms with Crippen LogP contribution >= 0.6 is 0 Å². The summed E-state index contributed by atoms with van der Waals surface area (Å²) < 4.78 is 0. The number of hydrogen-bond donors (Lipinski definition) is 2. The summed E-state index contributed by atoms with van der Waals surface area (Å²) >= 11 is 0. The lowest BCUT2D eigenvalue weighted by Gasteiger charge is -2.17. The summed E-state index contributed by atoms with van der Waals surface area (Å²) in [5.41, 5.74) is 3.84. The van der Waals surface area contributed by atoms with Gasteiger partial charge in [0.05, 0.1) is 6.61 Å². The maximum Gasteiger partial charge on any atom is 0.239 e. The average Bonchev–Trinajstić information content (AvgIpc) is 2.40. The third-order valence-corrected chi connectivity index (χ3v) is 2.85. The lowest BCUT2D eigenvalue weighted by Crippen LogP contribution is -2.45. The number of carbonyl (C=O) groups is 1. The van der Waals surface area contributed by atoms with Gasteiger partial charge in [0.25, 0.3) is 0 Å². The molecule has 0 aliphatic heterocycles. The van der Waals surface area contributed by atoms with Crippen LogP contribution in [0.3, 0.4) is 0 Å². The quantitative estimate of drug-likeness (QED) is 0.709. The highest BCUT2D eigenvalue weighted by Crippen LogP contribution is 2.00. The number of hydroxylamine groups is 1. The van der Waals surface area contributed by atoms with E-state index in [4.69, 9.17) is 4.84 Å². The molecule has 0 heterocycles. The van der Waals surface area contributed by atoms with Crippen molar-refractivity contribution >= 4 is 5.91 Å². The largest absolute Gasteiger partial charge is 0.352 e. The van der Waals surface area contributed by atoms with E-state index < -0.39 is 0 Å². The first-order chi connectivity index (χ1) is 9.13. The van der Waals surface area contributed by atoms with Gasteiger partial charge in [0, 0.05) is 6.04 Å². The van der Waals surface area contributed by atoms with Gasteiger partial charge in [0.2, 0.25) is 5.91 Å². The second kappa shape index (κ2) is 8.67. The van der Waals surface area contributed by atoms with Crippen molar-refractivity contribution in [2.24, 2.45) is 0 Å². The Hall–Kier alpha value is -1.39. The van der Waals surface area contributed by atoms with Gasteiger partial charge in [-0.15, -0.1) is 0 Å². The van der Waals surface area contributed by atoms with E-state index in [0.717, 1.165) is 18.4 Å². The Morgan fingerprint density at radius 1 is 1.26 bits per heavy atom. The first-order valence-corrected chi connectivity index (χ1v) is 6.85. The zero-order chi connectivity index (χ0) is 14.1. The van der Waals surface area contributed by atoms with Gasteiger partial charge in [0.15, 0.2) is 0 Å². The molecule has 0 aliphatic carbocycles. The van der Waals surface area contributed by atoms with Gasteiger partial charge in [-0.2, -0.15) is 5.48 Å². The molecule has 0 spiro atoms. The van der Waals surface area contributed by atoms with Crippen LogP contribution in [-0.4, -0.2) is 18.0 Å². The number of carbonyl (C=O) groups excluding carboxylic acids is 1. The highest BCUT2D eigenvalue weighted by atomic mass is 16.6. The molecule has 1 aromatic rings. The van der Waals surface area contributed by atoms with E-state index in [1.807, 2.05) is 37.3 Å². The molecule has 4 heteroatoms. The normalized spacial score (nSPS) is 13.8. The Labute approximate surface area is 115 Å². The van der Waals surface area contributed by atoms with Crippen molar-refractivity contribution in [3.63, 3.8) is 0 Å². The van der Waals surface area contributed by atoms with Gasteiger partial charge >= 0.3 is 0 Å². The maximum atomic E-state index is 11.8. The number of rotatable bonds is 8. The van der Waals surface area contributed by atoms with E-state index in [2.05, 4.69) is 17.7 Å². The molecule has 2 unspecified atom stereocenters. The van der Waals surface area contributed by atoms with Crippen LogP contribution in [0.2, 0.25) is 0 Å². The molecule has 1 rings (SSSR count). The molecular formula is C15H24N2O2. The first-order valence-electron chi connectivity index (χ1n) is 6.85. The fourth-order valence-corrected chi connectivity index (χ4v) is 1.75. The lowest BCUT2D eigenvalue weighted by atomic mass is 10.2. The third kappa shape index (κ3) is 6.36. The van der Waals surface area contributed by atoms with Crippen LogP contribution < -0.4 is 10.8 Å². The smallest absolute Gasteiger partial charge is 0.239 e. The Morgan fingerprint density at radius 2 is 1.95 bits per heavy atom. The summed E-state index contributed by atoms with van der Waals surface area (Å²) in [6.07, 6.45) is 2.05. The summed E-state index contributed by atoms with van der Waals surface area (Å²) in [6, 6.07) is 9.69. The first kappa shape index (κ1) is 15.7. The fourth-order valence-electron chi connectivity index (χ4n) is 1.75. The Morgan fingerprint density at radius 3 is 2.58 bits per heavy atom. The van der Waals surface area contributed by atoms with Crippen LogP contribution in [0.15, 0.2) is 30.3 Å². The monoisotopic (exact) mass is 264 g/mol. The zero-order valence-electron chi connectivity index (χ0n) is 12.0. The molecule has 1 aromatic carbocycles. The van der Waals surface area contributed by atoms with E-state index >= 15 is 0 Å². The standard InChI is InChI=1S/C15H24N2O2/c1-4-8-12(2)16-15(18)13(3)17-19-11-14-9-6-5-7-10-14/h5-7,9-10,12-13,17H,4,8,11H2,1-3H3,(H,16,18). The minimum Gasteiger partial charge on any atom is -0.352 e. The average molecular weight is 264 g/mol. The van der Waals surface area contributed by atoms with Crippen molar-refractivity contribution in [2.75, 3.05) is 0 Å². The fraction of sp³-hybridized carbons (Fsp3) is 0.533. The minimum absolute atomic E-state index is 0.0333. The Bertz CT molecular complexity index is 368. The molecular weight excluding hydrogens is 240 g/mol. The molecule has 0 aromatic heterocycles. The van der Waals surface area contributed by atoms with E-state index in [1.165, 1.54) is 0 Å². The SMILES string of the molecule is CCCC(C)NC(=O)C(C)NOCc1ccccc1. The van der Waals surface area contributed by atoms with Gasteiger partial charge in [0.1, 0.15) is 6.04 Å². The predicted molar refractivity (Wildman–Crippen MR) is 76.3 cm³/mol. The Kier molecular flexibility index (Phi) is 7.15. The van der Waals surface area contributed by atoms with Crippen molar-refractivity contribution in [3.8, 4) is 0 Å². The van der Waals surface area contributed by atoms with Crippen molar-refractivity contribution in [1.82, 2.24) is 10.8 Å². The van der Waals surface area contributed by atoms with Gasteiger partial charge in [-0.3, -0.25) is 9.63 Å². The molecule has 0 saturated carbocycles. The molecule has 0 radical (unpaired) electrons. The summed E-state index contributed by atoms with van der Waals surface area (Å²) in [5, 5.41) is 2.95. The van der Waals surface area contributed by atoms with Crippen molar-refractivity contribution in [1.29, 1.82) is 0 Å². The third-order valence-electron chi connectivity index (χ3n) is 2.85. The summed E-state index contributed by atoms with van der Waals surface area (Å²) in [5.74, 6) is -0.0333. The molecule has 0 bridgehead atoms. The van der Waals surface area contributed by atoms with E-state index in [9.17, 15) is 4.79 Å². The highest BCUT2D eigenvalue weighted by Gasteiger charge is 2.14. The Balaban J connectivity index is 2.23. The molecule has 2 N–H and O–H groups in total. The second-order valence-corrected chi connectivity index (χ2v) is 4.81. The van der Waals surface area contributed by atoms with E-state index in [-0.39, 0.29) is 18.0 Å². The molecule has 0 saturated heterocycles. The molecule has 0 aliphatic rings. The summed E-state index contributed by atoms with van der Waals surface area (Å²) in [6.45, 7) is 6.36. The molecule has 19 heavy (non-hydrogen) atoms. The number of nitrogens with one attached hydrogen (secondary N) is 2. The second-order valence-electron chi connectivity index (χ2n) is 4.81. The molecule has 4 nitrogen and oxygen atoms in total. The van der Waals surface area contributed by atoms with Crippen molar-refractivity contribution in [2.45, 2.75) is 52.3 Å². The summed E-state index contributed by atoms with van der Waals surface area (Å²) in [4.78, 5) is 17.2. The van der Waals surface area contributed by atoms with E-state index in [0.29, 0.717) is 6.61 Å². The van der Waals surface area contributed by atoms with Gasteiger partial charge in [-0.1, -0.05) is 43.7 Å². The molecule has 2 atom stereocenters. The maximum absolute atomic E-state index is 11.8. The minimum atomic E-state index is -0.358. The molecule has 0 fully saturated rings. The van der Waals surface area contributed by atoms with Crippen LogP contribution in [0.4, 0.5) is 0 Å². The van der Waals surface area contributed by atoms with Crippen molar-refractivity contribution < 1.29 is 9.63 Å². The highest BCUT2D eigenvalue weighted by molar-refractivity contribution is 5.81. The van der Waals surface area contributed by atoms with Crippen LogP contribution in [0.5, 0.6) is 0 Å². The number of amides is 1. The van der Waals surface area contributed by atoms with Gasteiger partial charge in [-0.25, -0.2) is 0 Å². The van der Waals surface area contributed by atoms with Gasteiger partial charge < -0.3 is 5.32 Å². The zero-order valence-corrected chi connectivity index (χ0v) is 12.0. The van der Waals surface area contributed by atoms with Crippen LogP contribution in [0.1, 0.15) is 39.2 Å². The number of hydrogen-bond acceptors (Lipinski definition) is 3. The molecule has 1 amide bonds. The van der Waals surface area contributed by atoms with E-state index in [1.54, 1.807) is 6.92 Å². The number of benzene rings is 1. The van der Waals surface area contributed by atoms with Crippen LogP contribution in [0.25, 0.3) is 0 Å². The summed E-state index contributed by atoms with van der Waals surface area (Å²) in [7, 11) is 0. The van der Waals surface area contributed by atoms with Crippen molar-refractivity contribution in [3.05, 3.63) is 35.9 Å². The lowest BCUT2D eigenvalue weighted by molar-refractivity contribution is -0.127. The van der Waals surface area contributed by atoms with Gasteiger partial charge in [-0.05, 0) is 25.8 Å².